The molecule has 20 heavy (non-hydrogen) atoms. The van der Waals surface area contributed by atoms with Gasteiger partial charge in [-0.15, -0.1) is 11.3 Å². The Labute approximate surface area is 121 Å². The van der Waals surface area contributed by atoms with Crippen LogP contribution in [-0.4, -0.2) is 33.9 Å². The standard InChI is InChI=1S/C14H16N4OS/c1-15-13-8-16-12(7-17-13)14(19)18(10-4-5-10)9-11-3-2-6-20-11/h2-3,6-8,10H,4-5,9H2,1H3,(H,15,17). The maximum atomic E-state index is 12.6. The summed E-state index contributed by atoms with van der Waals surface area (Å²) in [4.78, 5) is 24.0. The normalized spacial score (nSPS) is 14.1. The minimum Gasteiger partial charge on any atom is -0.372 e. The van der Waals surface area contributed by atoms with Gasteiger partial charge in [0.05, 0.1) is 18.9 Å². The van der Waals surface area contributed by atoms with Crippen molar-refractivity contribution in [1.29, 1.82) is 0 Å². The molecule has 5 nitrogen and oxygen atoms in total. The summed E-state index contributed by atoms with van der Waals surface area (Å²) < 4.78 is 0. The Morgan fingerprint density at radius 2 is 2.30 bits per heavy atom. The molecule has 0 bridgehead atoms. The Hall–Kier alpha value is -1.95. The van der Waals surface area contributed by atoms with Gasteiger partial charge in [-0.3, -0.25) is 4.79 Å². The third-order valence-corrected chi connectivity index (χ3v) is 4.14. The van der Waals surface area contributed by atoms with Crippen molar-refractivity contribution in [3.63, 3.8) is 0 Å². The fourth-order valence-corrected chi connectivity index (χ4v) is 2.74. The number of hydrogen-bond acceptors (Lipinski definition) is 5. The first kappa shape index (κ1) is 13.1. The first-order chi connectivity index (χ1) is 9.78. The van der Waals surface area contributed by atoms with Crippen molar-refractivity contribution < 1.29 is 4.79 Å². The molecule has 1 fully saturated rings. The first-order valence-corrected chi connectivity index (χ1v) is 7.49. The molecule has 1 amide bonds. The molecule has 2 aromatic rings. The van der Waals surface area contributed by atoms with Crippen LogP contribution in [0.25, 0.3) is 0 Å². The molecule has 0 aliphatic heterocycles. The fourth-order valence-electron chi connectivity index (χ4n) is 2.04. The number of nitrogens with one attached hydrogen (secondary N) is 1. The van der Waals surface area contributed by atoms with Crippen molar-refractivity contribution in [2.24, 2.45) is 0 Å². The van der Waals surface area contributed by atoms with Gasteiger partial charge in [0.2, 0.25) is 0 Å². The van der Waals surface area contributed by atoms with Crippen LogP contribution >= 0.6 is 11.3 Å². The van der Waals surface area contributed by atoms with Crippen molar-refractivity contribution in [1.82, 2.24) is 14.9 Å². The summed E-state index contributed by atoms with van der Waals surface area (Å²) in [6, 6.07) is 4.43. The highest BCUT2D eigenvalue weighted by atomic mass is 32.1. The molecule has 0 radical (unpaired) electrons. The molecular formula is C14H16N4OS. The number of thiophene rings is 1. The number of amides is 1. The molecule has 0 aromatic carbocycles. The number of carbonyl (C=O) groups is 1. The predicted octanol–water partition coefficient (Wildman–Crippen LogP) is 2.38. The molecule has 0 atom stereocenters. The van der Waals surface area contributed by atoms with E-state index in [-0.39, 0.29) is 5.91 Å². The summed E-state index contributed by atoms with van der Waals surface area (Å²) in [5.41, 5.74) is 0.410. The molecule has 0 saturated heterocycles. The fraction of sp³-hybridized carbons (Fsp3) is 0.357. The van der Waals surface area contributed by atoms with Gasteiger partial charge < -0.3 is 10.2 Å². The lowest BCUT2D eigenvalue weighted by Crippen LogP contribution is -2.33. The number of anilines is 1. The number of rotatable bonds is 5. The van der Waals surface area contributed by atoms with Crippen molar-refractivity contribution in [2.75, 3.05) is 12.4 Å². The highest BCUT2D eigenvalue weighted by Crippen LogP contribution is 2.30. The molecule has 6 heteroatoms. The zero-order valence-electron chi connectivity index (χ0n) is 11.2. The molecule has 1 aliphatic carbocycles. The number of nitrogens with zero attached hydrogens (tertiary/aromatic N) is 3. The second-order valence-corrected chi connectivity index (χ2v) is 5.81. The Bertz CT molecular complexity index is 578. The van der Waals surface area contributed by atoms with E-state index in [4.69, 9.17) is 0 Å². The number of carbonyl (C=O) groups excluding carboxylic acids is 1. The quantitative estimate of drug-likeness (QED) is 0.917. The topological polar surface area (TPSA) is 58.1 Å². The summed E-state index contributed by atoms with van der Waals surface area (Å²) in [5, 5.41) is 4.93. The van der Waals surface area contributed by atoms with Gasteiger partial charge in [0.25, 0.3) is 5.91 Å². The van der Waals surface area contributed by atoms with Crippen LogP contribution in [0.15, 0.2) is 29.9 Å². The summed E-state index contributed by atoms with van der Waals surface area (Å²) >= 11 is 1.68. The Morgan fingerprint density at radius 1 is 1.45 bits per heavy atom. The number of aromatic nitrogens is 2. The SMILES string of the molecule is CNc1cnc(C(=O)N(Cc2cccs2)C2CC2)cn1. The lowest BCUT2D eigenvalue weighted by molar-refractivity contribution is 0.0725. The smallest absolute Gasteiger partial charge is 0.274 e. The predicted molar refractivity (Wildman–Crippen MR) is 78.8 cm³/mol. The van der Waals surface area contributed by atoms with Crippen molar-refractivity contribution in [2.45, 2.75) is 25.4 Å². The van der Waals surface area contributed by atoms with E-state index in [1.54, 1.807) is 24.6 Å². The van der Waals surface area contributed by atoms with E-state index in [2.05, 4.69) is 21.4 Å². The molecule has 104 valence electrons. The zero-order chi connectivity index (χ0) is 13.9. The summed E-state index contributed by atoms with van der Waals surface area (Å²) in [7, 11) is 1.78. The van der Waals surface area contributed by atoms with Crippen molar-refractivity contribution in [3.8, 4) is 0 Å². The maximum absolute atomic E-state index is 12.6. The van der Waals surface area contributed by atoms with Crippen molar-refractivity contribution in [3.05, 3.63) is 40.5 Å². The molecule has 1 saturated carbocycles. The average Bonchev–Trinajstić information content (AvgIpc) is 3.21. The molecule has 0 spiro atoms. The molecule has 2 heterocycles. The highest BCUT2D eigenvalue weighted by molar-refractivity contribution is 7.09. The second kappa shape index (κ2) is 5.58. The third kappa shape index (κ3) is 2.80. The molecule has 1 N–H and O–H groups in total. The largest absolute Gasteiger partial charge is 0.372 e. The van der Waals surface area contributed by atoms with Gasteiger partial charge in [0, 0.05) is 18.0 Å². The van der Waals surface area contributed by atoms with E-state index < -0.39 is 0 Å². The first-order valence-electron chi connectivity index (χ1n) is 6.61. The van der Waals surface area contributed by atoms with Gasteiger partial charge >= 0.3 is 0 Å². The maximum Gasteiger partial charge on any atom is 0.274 e. The zero-order valence-corrected chi connectivity index (χ0v) is 12.1. The minimum atomic E-state index is -0.0314. The minimum absolute atomic E-state index is 0.0314. The van der Waals surface area contributed by atoms with E-state index in [0.717, 1.165) is 12.8 Å². The Morgan fingerprint density at radius 3 is 2.85 bits per heavy atom. The molecule has 2 aromatic heterocycles. The van der Waals surface area contributed by atoms with Crippen LogP contribution in [0.1, 0.15) is 28.2 Å². The molecule has 3 rings (SSSR count). The lowest BCUT2D eigenvalue weighted by Gasteiger charge is -2.21. The molecule has 1 aliphatic rings. The van der Waals surface area contributed by atoms with Crippen LogP contribution in [0.5, 0.6) is 0 Å². The highest BCUT2D eigenvalue weighted by Gasteiger charge is 2.33. The molecular weight excluding hydrogens is 272 g/mol. The summed E-state index contributed by atoms with van der Waals surface area (Å²) in [6.07, 6.45) is 5.29. The Kier molecular flexibility index (Phi) is 3.64. The molecule has 0 unspecified atom stereocenters. The van der Waals surface area contributed by atoms with Gasteiger partial charge in [-0.2, -0.15) is 0 Å². The van der Waals surface area contributed by atoms with Crippen LogP contribution in [0.4, 0.5) is 5.82 Å². The second-order valence-electron chi connectivity index (χ2n) is 4.78. The van der Waals surface area contributed by atoms with Gasteiger partial charge in [0.15, 0.2) is 0 Å². The Balaban J connectivity index is 1.77. The van der Waals surface area contributed by atoms with Gasteiger partial charge in [-0.1, -0.05) is 6.07 Å². The lowest BCUT2D eigenvalue weighted by atomic mass is 10.3. The van der Waals surface area contributed by atoms with E-state index in [1.165, 1.54) is 11.1 Å². The van der Waals surface area contributed by atoms with Crippen LogP contribution in [0.2, 0.25) is 0 Å². The van der Waals surface area contributed by atoms with Crippen LogP contribution in [-0.2, 0) is 6.54 Å². The monoisotopic (exact) mass is 288 g/mol. The van der Waals surface area contributed by atoms with Crippen LogP contribution in [0, 0.1) is 0 Å². The van der Waals surface area contributed by atoms with E-state index in [0.29, 0.717) is 24.1 Å². The van der Waals surface area contributed by atoms with Gasteiger partial charge in [-0.05, 0) is 24.3 Å². The van der Waals surface area contributed by atoms with E-state index in [1.807, 2.05) is 16.3 Å². The number of hydrogen-bond donors (Lipinski definition) is 1. The summed E-state index contributed by atoms with van der Waals surface area (Å²) in [6.45, 7) is 0.663. The van der Waals surface area contributed by atoms with Crippen LogP contribution in [0.3, 0.4) is 0 Å². The third-order valence-electron chi connectivity index (χ3n) is 3.28. The van der Waals surface area contributed by atoms with E-state index >= 15 is 0 Å². The van der Waals surface area contributed by atoms with Gasteiger partial charge in [0.1, 0.15) is 11.5 Å². The van der Waals surface area contributed by atoms with E-state index in [9.17, 15) is 4.79 Å². The van der Waals surface area contributed by atoms with Crippen molar-refractivity contribution >= 4 is 23.1 Å². The average molecular weight is 288 g/mol. The van der Waals surface area contributed by atoms with Crippen LogP contribution < -0.4 is 5.32 Å². The summed E-state index contributed by atoms with van der Waals surface area (Å²) in [5.74, 6) is 0.633. The van der Waals surface area contributed by atoms with Gasteiger partial charge in [-0.25, -0.2) is 9.97 Å².